The lowest BCUT2D eigenvalue weighted by Crippen LogP contribution is -2.14. The van der Waals surface area contributed by atoms with E-state index in [0.717, 1.165) is 12.3 Å². The lowest BCUT2D eigenvalue weighted by Gasteiger charge is -1.95. The molecule has 0 aliphatic carbocycles. The molecule has 2 N–H and O–H groups in total. The first kappa shape index (κ1) is 7.59. The summed E-state index contributed by atoms with van der Waals surface area (Å²) in [5.74, 6) is -3.63. The second-order valence-electron chi connectivity index (χ2n) is 1.83. The first-order valence-corrected chi connectivity index (χ1v) is 2.72. The van der Waals surface area contributed by atoms with Crippen LogP contribution in [-0.2, 0) is 0 Å². The normalized spacial score (nSPS) is 9.64. The molecule has 0 saturated heterocycles. The third-order valence-electron chi connectivity index (χ3n) is 1.11. The maximum Gasteiger partial charge on any atom is 0.251 e. The van der Waals surface area contributed by atoms with E-state index in [9.17, 15) is 13.6 Å². The molecule has 0 bridgehead atoms. The Morgan fingerprint density at radius 3 is 2.64 bits per heavy atom. The van der Waals surface area contributed by atoms with Gasteiger partial charge in [-0.15, -0.1) is 0 Å². The molecule has 11 heavy (non-hydrogen) atoms. The number of aromatic nitrogens is 1. The molecule has 0 spiro atoms. The predicted molar refractivity (Wildman–Crippen MR) is 32.7 cm³/mol. The molecule has 1 aromatic rings. The highest BCUT2D eigenvalue weighted by molar-refractivity contribution is 5.92. The van der Waals surface area contributed by atoms with Crippen LogP contribution in [0.25, 0.3) is 0 Å². The molecule has 0 aromatic carbocycles. The van der Waals surface area contributed by atoms with Gasteiger partial charge in [0, 0.05) is 6.20 Å². The number of primary amides is 1. The van der Waals surface area contributed by atoms with Crippen LogP contribution in [0.15, 0.2) is 12.3 Å². The Hall–Kier alpha value is -1.52. The summed E-state index contributed by atoms with van der Waals surface area (Å²) < 4.78 is 24.8. The summed E-state index contributed by atoms with van der Waals surface area (Å²) in [6.45, 7) is 0. The Kier molecular flexibility index (Phi) is 1.80. The topological polar surface area (TPSA) is 56.0 Å². The molecule has 1 aromatic heterocycles. The number of carbonyl (C=O) groups excluding carboxylic acids is 1. The standard InChI is InChI=1S/C6H4F2N2O/c7-4-3(6(9)11)1-2-10-5(4)8/h1-2H,(H2,9,11). The number of amides is 1. The van der Waals surface area contributed by atoms with E-state index in [1.165, 1.54) is 0 Å². The number of pyridine rings is 1. The monoisotopic (exact) mass is 158 g/mol. The molecule has 0 aliphatic rings. The number of nitrogens with two attached hydrogens (primary N) is 1. The molecule has 0 fully saturated rings. The highest BCUT2D eigenvalue weighted by atomic mass is 19.2. The van der Waals surface area contributed by atoms with Crippen molar-refractivity contribution in [3.63, 3.8) is 0 Å². The third kappa shape index (κ3) is 1.31. The van der Waals surface area contributed by atoms with Crippen LogP contribution >= 0.6 is 0 Å². The van der Waals surface area contributed by atoms with E-state index in [4.69, 9.17) is 5.73 Å². The van der Waals surface area contributed by atoms with Gasteiger partial charge >= 0.3 is 0 Å². The number of rotatable bonds is 1. The molecule has 1 amide bonds. The average Bonchev–Trinajstić information content (AvgIpc) is 1.94. The third-order valence-corrected chi connectivity index (χ3v) is 1.11. The zero-order valence-electron chi connectivity index (χ0n) is 5.34. The van der Waals surface area contributed by atoms with E-state index in [1.54, 1.807) is 0 Å². The Morgan fingerprint density at radius 1 is 1.55 bits per heavy atom. The summed E-state index contributed by atoms with van der Waals surface area (Å²) >= 11 is 0. The lowest BCUT2D eigenvalue weighted by atomic mass is 10.2. The zero-order chi connectivity index (χ0) is 8.43. The lowest BCUT2D eigenvalue weighted by molar-refractivity contribution is 0.0995. The van der Waals surface area contributed by atoms with Crippen LogP contribution in [0.4, 0.5) is 8.78 Å². The van der Waals surface area contributed by atoms with Crippen molar-refractivity contribution in [2.24, 2.45) is 5.73 Å². The van der Waals surface area contributed by atoms with E-state index < -0.39 is 23.2 Å². The smallest absolute Gasteiger partial charge is 0.251 e. The minimum Gasteiger partial charge on any atom is -0.366 e. The highest BCUT2D eigenvalue weighted by Crippen LogP contribution is 2.06. The van der Waals surface area contributed by atoms with Crippen molar-refractivity contribution in [1.82, 2.24) is 4.98 Å². The SMILES string of the molecule is NC(=O)c1ccnc(F)c1F. The van der Waals surface area contributed by atoms with Crippen molar-refractivity contribution in [2.75, 3.05) is 0 Å². The Labute approximate surface area is 60.8 Å². The summed E-state index contributed by atoms with van der Waals surface area (Å²) in [5.41, 5.74) is 4.22. The fourth-order valence-electron chi connectivity index (χ4n) is 0.609. The van der Waals surface area contributed by atoms with Crippen LogP contribution in [0.2, 0.25) is 0 Å². The number of nitrogens with zero attached hydrogens (tertiary/aromatic N) is 1. The van der Waals surface area contributed by atoms with Crippen LogP contribution in [0.1, 0.15) is 10.4 Å². The Morgan fingerprint density at radius 2 is 2.18 bits per heavy atom. The van der Waals surface area contributed by atoms with E-state index >= 15 is 0 Å². The van der Waals surface area contributed by atoms with Gasteiger partial charge in [-0.25, -0.2) is 9.37 Å². The van der Waals surface area contributed by atoms with Crippen molar-refractivity contribution in [2.45, 2.75) is 0 Å². The first-order chi connectivity index (χ1) is 5.13. The van der Waals surface area contributed by atoms with Gasteiger partial charge in [0.2, 0.25) is 5.95 Å². The van der Waals surface area contributed by atoms with Gasteiger partial charge in [-0.3, -0.25) is 4.79 Å². The minimum absolute atomic E-state index is 0.488. The number of carbonyl (C=O) groups is 1. The molecule has 3 nitrogen and oxygen atoms in total. The van der Waals surface area contributed by atoms with E-state index in [1.807, 2.05) is 0 Å². The zero-order valence-corrected chi connectivity index (χ0v) is 5.34. The van der Waals surface area contributed by atoms with Crippen molar-refractivity contribution < 1.29 is 13.6 Å². The molecular formula is C6H4F2N2O. The van der Waals surface area contributed by atoms with E-state index in [0.29, 0.717) is 0 Å². The van der Waals surface area contributed by atoms with Gasteiger partial charge in [0.1, 0.15) is 0 Å². The maximum absolute atomic E-state index is 12.5. The van der Waals surface area contributed by atoms with Crippen LogP contribution in [0.5, 0.6) is 0 Å². The van der Waals surface area contributed by atoms with Crippen molar-refractivity contribution in [3.05, 3.63) is 29.6 Å². The van der Waals surface area contributed by atoms with Gasteiger partial charge in [-0.2, -0.15) is 4.39 Å². The van der Waals surface area contributed by atoms with Gasteiger partial charge in [0.15, 0.2) is 5.82 Å². The van der Waals surface area contributed by atoms with Gasteiger partial charge in [-0.05, 0) is 6.07 Å². The fourth-order valence-corrected chi connectivity index (χ4v) is 0.609. The van der Waals surface area contributed by atoms with Crippen molar-refractivity contribution in [1.29, 1.82) is 0 Å². The Balaban J connectivity index is 3.27. The van der Waals surface area contributed by atoms with Crippen LogP contribution in [0, 0.1) is 11.8 Å². The average molecular weight is 158 g/mol. The van der Waals surface area contributed by atoms with Crippen LogP contribution in [-0.4, -0.2) is 10.9 Å². The van der Waals surface area contributed by atoms with Crippen molar-refractivity contribution in [3.8, 4) is 0 Å². The Bertz CT molecular complexity index is 301. The van der Waals surface area contributed by atoms with Crippen LogP contribution < -0.4 is 5.73 Å². The molecule has 1 heterocycles. The quantitative estimate of drug-likeness (QED) is 0.603. The highest BCUT2D eigenvalue weighted by Gasteiger charge is 2.12. The number of halogens is 2. The summed E-state index contributed by atoms with van der Waals surface area (Å²) in [6.07, 6.45) is 0.971. The molecule has 0 radical (unpaired) electrons. The summed E-state index contributed by atoms with van der Waals surface area (Å²) in [7, 11) is 0. The molecule has 0 aliphatic heterocycles. The molecule has 0 saturated carbocycles. The number of hydrogen-bond donors (Lipinski definition) is 1. The van der Waals surface area contributed by atoms with E-state index in [-0.39, 0.29) is 0 Å². The second-order valence-corrected chi connectivity index (χ2v) is 1.83. The van der Waals surface area contributed by atoms with Gasteiger partial charge in [-0.1, -0.05) is 0 Å². The summed E-state index contributed by atoms with van der Waals surface area (Å²) in [4.78, 5) is 13.3. The molecule has 0 unspecified atom stereocenters. The first-order valence-electron chi connectivity index (χ1n) is 2.72. The molecule has 1 rings (SSSR count). The second kappa shape index (κ2) is 2.61. The number of hydrogen-bond acceptors (Lipinski definition) is 2. The van der Waals surface area contributed by atoms with Crippen molar-refractivity contribution >= 4 is 5.91 Å². The largest absolute Gasteiger partial charge is 0.366 e. The molecule has 5 heteroatoms. The molecule has 0 atom stereocenters. The predicted octanol–water partition coefficient (Wildman–Crippen LogP) is 0.459. The summed E-state index contributed by atoms with van der Waals surface area (Å²) in [6, 6.07) is 1.01. The minimum atomic E-state index is -1.32. The van der Waals surface area contributed by atoms with Crippen LogP contribution in [0.3, 0.4) is 0 Å². The fraction of sp³-hybridized carbons (Fsp3) is 0. The van der Waals surface area contributed by atoms with Gasteiger partial charge < -0.3 is 5.73 Å². The van der Waals surface area contributed by atoms with Gasteiger partial charge in [0.05, 0.1) is 5.56 Å². The summed E-state index contributed by atoms with van der Waals surface area (Å²) in [5, 5.41) is 0. The maximum atomic E-state index is 12.5. The van der Waals surface area contributed by atoms with E-state index in [2.05, 4.69) is 4.98 Å². The van der Waals surface area contributed by atoms with Gasteiger partial charge in [0.25, 0.3) is 5.91 Å². The molecular weight excluding hydrogens is 154 g/mol. The molecule has 58 valence electrons.